The Hall–Kier alpha value is -1.64. The Kier molecular flexibility index (Phi) is 5.93. The maximum atomic E-state index is 14.3. The Balaban J connectivity index is 1.69. The van der Waals surface area contributed by atoms with Crippen molar-refractivity contribution in [3.8, 4) is 5.75 Å². The summed E-state index contributed by atoms with van der Waals surface area (Å²) in [6.45, 7) is 5.97. The van der Waals surface area contributed by atoms with Gasteiger partial charge in [-0.15, -0.1) is 6.58 Å². The molecule has 1 nitrogen and oxygen atoms in total. The Morgan fingerprint density at radius 2 is 1.76 bits per heavy atom. The molecule has 3 rings (SSSR count). The van der Waals surface area contributed by atoms with Crippen LogP contribution < -0.4 is 4.74 Å². The van der Waals surface area contributed by atoms with Crippen molar-refractivity contribution in [3.05, 3.63) is 54.1 Å². The van der Waals surface area contributed by atoms with E-state index in [0.29, 0.717) is 11.8 Å². The van der Waals surface area contributed by atoms with Crippen molar-refractivity contribution in [3.63, 3.8) is 0 Å². The second-order valence-corrected chi connectivity index (χ2v) is 7.53. The van der Waals surface area contributed by atoms with Crippen LogP contribution in [0.4, 0.5) is 8.78 Å². The van der Waals surface area contributed by atoms with Gasteiger partial charge < -0.3 is 4.74 Å². The Labute approximate surface area is 149 Å². The van der Waals surface area contributed by atoms with Crippen LogP contribution in [0.15, 0.2) is 36.9 Å². The van der Waals surface area contributed by atoms with E-state index in [1.165, 1.54) is 31.4 Å². The van der Waals surface area contributed by atoms with Gasteiger partial charge in [-0.3, -0.25) is 0 Å². The molecule has 4 atom stereocenters. The molecule has 1 aromatic carbocycles. The van der Waals surface area contributed by atoms with E-state index in [0.717, 1.165) is 30.7 Å². The van der Waals surface area contributed by atoms with E-state index in [-0.39, 0.29) is 18.3 Å². The highest BCUT2D eigenvalue weighted by Gasteiger charge is 2.35. The van der Waals surface area contributed by atoms with Crippen molar-refractivity contribution in [1.82, 2.24) is 0 Å². The lowest BCUT2D eigenvalue weighted by atomic mass is 9.64. The first-order chi connectivity index (χ1) is 12.1. The number of hydrogen-bond acceptors (Lipinski definition) is 1. The standard InChI is InChI=1S/C22H28F2O/c1-3-5-10-25-22-20(23)13-19(14-21(22)24)18-9-8-16-11-15(4-2)6-7-17(16)12-18/h3-5,13-18H,2,6-12H2,1H3/b5-3+. The van der Waals surface area contributed by atoms with Crippen LogP contribution in [0, 0.1) is 29.4 Å². The average molecular weight is 346 g/mol. The predicted molar refractivity (Wildman–Crippen MR) is 97.8 cm³/mol. The molecule has 0 bridgehead atoms. The summed E-state index contributed by atoms with van der Waals surface area (Å²) in [6.07, 6.45) is 12.5. The van der Waals surface area contributed by atoms with Gasteiger partial charge in [0.25, 0.3) is 0 Å². The van der Waals surface area contributed by atoms with Gasteiger partial charge in [-0.05, 0) is 86.8 Å². The molecule has 0 radical (unpaired) electrons. The Morgan fingerprint density at radius 3 is 2.44 bits per heavy atom. The maximum absolute atomic E-state index is 14.3. The van der Waals surface area contributed by atoms with Gasteiger partial charge in [0.05, 0.1) is 0 Å². The van der Waals surface area contributed by atoms with Gasteiger partial charge in [0, 0.05) is 0 Å². The van der Waals surface area contributed by atoms with Crippen LogP contribution in [-0.4, -0.2) is 6.61 Å². The summed E-state index contributed by atoms with van der Waals surface area (Å²) in [5.74, 6) is 0.922. The summed E-state index contributed by atoms with van der Waals surface area (Å²) in [6, 6.07) is 2.96. The monoisotopic (exact) mass is 346 g/mol. The molecule has 1 aromatic rings. The van der Waals surface area contributed by atoms with Crippen LogP contribution in [0.2, 0.25) is 0 Å². The van der Waals surface area contributed by atoms with Gasteiger partial charge in [0.15, 0.2) is 17.4 Å². The van der Waals surface area contributed by atoms with Crippen LogP contribution in [0.25, 0.3) is 0 Å². The summed E-state index contributed by atoms with van der Waals surface area (Å²) in [7, 11) is 0. The quantitative estimate of drug-likeness (QED) is 0.560. The average Bonchev–Trinajstić information content (AvgIpc) is 2.63. The van der Waals surface area contributed by atoms with E-state index in [1.807, 2.05) is 6.92 Å². The molecular weight excluding hydrogens is 318 g/mol. The van der Waals surface area contributed by atoms with Crippen molar-refractivity contribution < 1.29 is 13.5 Å². The van der Waals surface area contributed by atoms with Crippen molar-refractivity contribution in [2.45, 2.75) is 51.4 Å². The third kappa shape index (κ3) is 4.13. The molecule has 0 spiro atoms. The molecule has 2 aliphatic carbocycles. The second kappa shape index (κ2) is 8.16. The Bertz CT molecular complexity index is 614. The largest absolute Gasteiger partial charge is 0.483 e. The van der Waals surface area contributed by atoms with Crippen LogP contribution in [0.5, 0.6) is 5.75 Å². The van der Waals surface area contributed by atoms with E-state index < -0.39 is 11.6 Å². The summed E-state index contributed by atoms with van der Waals surface area (Å²) in [5.41, 5.74) is 0.790. The first-order valence-electron chi connectivity index (χ1n) is 9.47. The van der Waals surface area contributed by atoms with E-state index in [4.69, 9.17) is 4.74 Å². The zero-order valence-corrected chi connectivity index (χ0v) is 15.0. The molecular formula is C22H28F2O. The normalized spacial score (nSPS) is 29.4. The number of allylic oxidation sites excluding steroid dienone is 2. The zero-order valence-electron chi connectivity index (χ0n) is 15.0. The molecule has 136 valence electrons. The van der Waals surface area contributed by atoms with Gasteiger partial charge in [-0.2, -0.15) is 0 Å². The summed E-state index contributed by atoms with van der Waals surface area (Å²) >= 11 is 0. The van der Waals surface area contributed by atoms with Crippen LogP contribution in [0.3, 0.4) is 0 Å². The van der Waals surface area contributed by atoms with Gasteiger partial charge in [-0.25, -0.2) is 8.78 Å². The molecule has 25 heavy (non-hydrogen) atoms. The van der Waals surface area contributed by atoms with Gasteiger partial charge in [-0.1, -0.05) is 18.2 Å². The topological polar surface area (TPSA) is 9.23 Å². The summed E-state index contributed by atoms with van der Waals surface area (Å²) < 4.78 is 33.9. The third-order valence-electron chi connectivity index (χ3n) is 6.04. The maximum Gasteiger partial charge on any atom is 0.191 e. The SMILES string of the molecule is C=CC1CCC2CC(c3cc(F)c(OC/C=C/C)c(F)c3)CCC2C1. The molecule has 0 saturated heterocycles. The van der Waals surface area contributed by atoms with Crippen LogP contribution in [0.1, 0.15) is 56.9 Å². The van der Waals surface area contributed by atoms with Crippen molar-refractivity contribution in [1.29, 1.82) is 0 Å². The number of hydrogen-bond donors (Lipinski definition) is 0. The minimum absolute atomic E-state index is 0.182. The highest BCUT2D eigenvalue weighted by atomic mass is 19.1. The minimum atomic E-state index is -0.586. The summed E-state index contributed by atoms with van der Waals surface area (Å²) in [5, 5.41) is 0. The van der Waals surface area contributed by atoms with Gasteiger partial charge >= 0.3 is 0 Å². The fraction of sp³-hybridized carbons (Fsp3) is 0.545. The highest BCUT2D eigenvalue weighted by molar-refractivity contribution is 5.33. The van der Waals surface area contributed by atoms with Gasteiger partial charge in [0.2, 0.25) is 0 Å². The highest BCUT2D eigenvalue weighted by Crippen LogP contribution is 2.48. The van der Waals surface area contributed by atoms with Crippen molar-refractivity contribution in [2.24, 2.45) is 17.8 Å². The fourth-order valence-corrected chi connectivity index (χ4v) is 4.62. The smallest absolute Gasteiger partial charge is 0.191 e. The molecule has 0 N–H and O–H groups in total. The lowest BCUT2D eigenvalue weighted by molar-refractivity contribution is 0.133. The minimum Gasteiger partial charge on any atom is -0.483 e. The molecule has 0 amide bonds. The van der Waals surface area contributed by atoms with E-state index in [1.54, 1.807) is 12.2 Å². The number of rotatable bonds is 5. The van der Waals surface area contributed by atoms with Crippen LogP contribution >= 0.6 is 0 Å². The Morgan fingerprint density at radius 1 is 1.08 bits per heavy atom. The van der Waals surface area contributed by atoms with Crippen LogP contribution in [-0.2, 0) is 0 Å². The lowest BCUT2D eigenvalue weighted by Gasteiger charge is -2.41. The number of benzene rings is 1. The van der Waals surface area contributed by atoms with E-state index in [9.17, 15) is 8.78 Å². The molecule has 0 heterocycles. The number of fused-ring (bicyclic) bond motifs is 1. The molecule has 0 aromatic heterocycles. The predicted octanol–water partition coefficient (Wildman–Crippen LogP) is 6.41. The van der Waals surface area contributed by atoms with Crippen molar-refractivity contribution >= 4 is 0 Å². The van der Waals surface area contributed by atoms with E-state index in [2.05, 4.69) is 12.7 Å². The zero-order chi connectivity index (χ0) is 17.8. The first kappa shape index (κ1) is 18.2. The molecule has 2 fully saturated rings. The molecule has 2 saturated carbocycles. The van der Waals surface area contributed by atoms with Crippen molar-refractivity contribution in [2.75, 3.05) is 6.61 Å². The van der Waals surface area contributed by atoms with E-state index >= 15 is 0 Å². The number of halogens is 2. The number of ether oxygens (including phenoxy) is 1. The summed E-state index contributed by atoms with van der Waals surface area (Å²) in [4.78, 5) is 0. The first-order valence-corrected chi connectivity index (χ1v) is 9.47. The lowest BCUT2D eigenvalue weighted by Crippen LogP contribution is -2.30. The third-order valence-corrected chi connectivity index (χ3v) is 6.04. The molecule has 2 aliphatic rings. The second-order valence-electron chi connectivity index (χ2n) is 7.53. The fourth-order valence-electron chi connectivity index (χ4n) is 4.62. The molecule has 4 unspecified atom stereocenters. The van der Waals surface area contributed by atoms with Gasteiger partial charge in [0.1, 0.15) is 6.61 Å². The molecule has 3 heteroatoms. The molecule has 0 aliphatic heterocycles.